The van der Waals surface area contributed by atoms with E-state index in [-0.39, 0.29) is 23.6 Å². The second-order valence-corrected chi connectivity index (χ2v) is 4.75. The maximum absolute atomic E-state index is 12.8. The van der Waals surface area contributed by atoms with Gasteiger partial charge in [0, 0.05) is 18.8 Å². The number of nitrogens with zero attached hydrogens (tertiary/aromatic N) is 2. The minimum absolute atomic E-state index is 0.108. The third-order valence-electron chi connectivity index (χ3n) is 3.03. The van der Waals surface area contributed by atoms with Crippen molar-refractivity contribution in [2.75, 3.05) is 13.7 Å². The summed E-state index contributed by atoms with van der Waals surface area (Å²) in [5, 5.41) is 6.43. The van der Waals surface area contributed by atoms with Crippen LogP contribution in [0.2, 0.25) is 0 Å². The monoisotopic (exact) mass is 337 g/mol. The Bertz CT molecular complexity index is 801. The van der Waals surface area contributed by atoms with Crippen LogP contribution in [0.4, 0.5) is 13.2 Å². The molecule has 0 aliphatic carbocycles. The molecule has 0 radical (unpaired) electrons. The number of benzene rings is 1. The van der Waals surface area contributed by atoms with Crippen molar-refractivity contribution in [1.82, 2.24) is 15.1 Å². The summed E-state index contributed by atoms with van der Waals surface area (Å²) in [7, 11) is 3.01. The van der Waals surface area contributed by atoms with Gasteiger partial charge in [-0.15, -0.1) is 5.10 Å². The van der Waals surface area contributed by atoms with Crippen LogP contribution in [-0.2, 0) is 13.2 Å². The average molecular weight is 337 g/mol. The normalized spacial score (nSPS) is 10.7. The van der Waals surface area contributed by atoms with E-state index >= 15 is 0 Å². The van der Waals surface area contributed by atoms with Crippen LogP contribution in [0.15, 0.2) is 30.5 Å². The van der Waals surface area contributed by atoms with Crippen LogP contribution in [0.1, 0.15) is 21.5 Å². The third-order valence-corrected chi connectivity index (χ3v) is 3.03. The predicted molar refractivity (Wildman–Crippen MR) is 80.4 cm³/mol. The van der Waals surface area contributed by atoms with Crippen molar-refractivity contribution in [3.05, 3.63) is 47.2 Å². The molecule has 0 saturated heterocycles. The molecule has 0 unspecified atom stereocenters. The van der Waals surface area contributed by atoms with Crippen LogP contribution in [0.25, 0.3) is 0 Å². The first-order valence-electron chi connectivity index (χ1n) is 6.84. The topological polar surface area (TPSA) is 56.2 Å². The molecule has 0 atom stereocenters. The van der Waals surface area contributed by atoms with E-state index in [1.807, 2.05) is 0 Å². The molecule has 126 valence electrons. The molecule has 1 aromatic carbocycles. The number of carbonyl (C=O) groups is 1. The summed E-state index contributed by atoms with van der Waals surface area (Å²) >= 11 is 0. The summed E-state index contributed by atoms with van der Waals surface area (Å²) in [6, 6.07) is 5.01. The number of rotatable bonds is 3. The van der Waals surface area contributed by atoms with Crippen LogP contribution in [0, 0.1) is 11.8 Å². The maximum Gasteiger partial charge on any atom is 0.417 e. The second-order valence-electron chi connectivity index (χ2n) is 4.75. The van der Waals surface area contributed by atoms with E-state index in [9.17, 15) is 18.0 Å². The Morgan fingerprint density at radius 2 is 2.08 bits per heavy atom. The summed E-state index contributed by atoms with van der Waals surface area (Å²) in [6.45, 7) is -0.108. The van der Waals surface area contributed by atoms with Crippen LogP contribution in [0.5, 0.6) is 5.88 Å². The number of halogens is 3. The summed E-state index contributed by atoms with van der Waals surface area (Å²) in [4.78, 5) is 12.0. The number of alkyl halides is 3. The lowest BCUT2D eigenvalue weighted by Gasteiger charge is -2.08. The Hall–Kier alpha value is -2.95. The standard InChI is InChI=1S/C16H14F3N3O2/c1-22-10-12(15(21-22)24-2)14(23)20-9-5-7-11-6-3-4-8-13(11)16(17,18)19/h3-4,6,8,10H,9H2,1-2H3,(H,20,23). The van der Waals surface area contributed by atoms with Crippen LogP contribution in [-0.4, -0.2) is 29.3 Å². The van der Waals surface area contributed by atoms with Crippen molar-refractivity contribution in [1.29, 1.82) is 0 Å². The van der Waals surface area contributed by atoms with Crippen LogP contribution < -0.4 is 10.1 Å². The zero-order valence-electron chi connectivity index (χ0n) is 12.9. The summed E-state index contributed by atoms with van der Waals surface area (Å²) in [6.07, 6.45) is -3.00. The van der Waals surface area contributed by atoms with Crippen molar-refractivity contribution >= 4 is 5.91 Å². The SMILES string of the molecule is COc1nn(C)cc1C(=O)NCC#Cc1ccccc1C(F)(F)F. The highest BCUT2D eigenvalue weighted by molar-refractivity contribution is 5.96. The number of aryl methyl sites for hydroxylation is 1. The predicted octanol–water partition coefficient (Wildman–Crippen LogP) is 2.23. The van der Waals surface area contributed by atoms with E-state index in [0.29, 0.717) is 0 Å². The van der Waals surface area contributed by atoms with Crippen molar-refractivity contribution in [3.63, 3.8) is 0 Å². The van der Waals surface area contributed by atoms with Gasteiger partial charge in [-0.25, -0.2) is 0 Å². The van der Waals surface area contributed by atoms with Crippen molar-refractivity contribution in [3.8, 4) is 17.7 Å². The van der Waals surface area contributed by atoms with Gasteiger partial charge in [-0.05, 0) is 12.1 Å². The Balaban J connectivity index is 2.06. The zero-order valence-corrected chi connectivity index (χ0v) is 12.9. The van der Waals surface area contributed by atoms with Crippen molar-refractivity contribution in [2.24, 2.45) is 7.05 Å². The highest BCUT2D eigenvalue weighted by Gasteiger charge is 2.32. The fourth-order valence-corrected chi connectivity index (χ4v) is 1.97. The molecular formula is C16H14F3N3O2. The Morgan fingerprint density at radius 3 is 2.75 bits per heavy atom. The fraction of sp³-hybridized carbons (Fsp3) is 0.250. The minimum Gasteiger partial charge on any atom is -0.479 e. The van der Waals surface area contributed by atoms with E-state index in [1.165, 1.54) is 36.2 Å². The lowest BCUT2D eigenvalue weighted by Crippen LogP contribution is -2.23. The largest absolute Gasteiger partial charge is 0.479 e. The molecule has 0 aliphatic rings. The third kappa shape index (κ3) is 4.07. The highest BCUT2D eigenvalue weighted by Crippen LogP contribution is 2.31. The molecule has 0 bridgehead atoms. The number of hydrogen-bond donors (Lipinski definition) is 1. The average Bonchev–Trinajstić information content (AvgIpc) is 2.92. The molecule has 5 nitrogen and oxygen atoms in total. The van der Waals surface area contributed by atoms with E-state index in [4.69, 9.17) is 4.74 Å². The Morgan fingerprint density at radius 1 is 1.38 bits per heavy atom. The molecule has 2 aromatic rings. The molecule has 1 aromatic heterocycles. The highest BCUT2D eigenvalue weighted by atomic mass is 19.4. The first-order valence-corrected chi connectivity index (χ1v) is 6.84. The molecule has 24 heavy (non-hydrogen) atoms. The maximum atomic E-state index is 12.8. The smallest absolute Gasteiger partial charge is 0.417 e. The summed E-state index contributed by atoms with van der Waals surface area (Å²) < 4.78 is 44.9. The van der Waals surface area contributed by atoms with E-state index < -0.39 is 17.6 Å². The molecule has 2 rings (SSSR count). The molecule has 1 amide bonds. The van der Waals surface area contributed by atoms with Crippen molar-refractivity contribution < 1.29 is 22.7 Å². The van der Waals surface area contributed by atoms with Crippen LogP contribution >= 0.6 is 0 Å². The molecule has 0 aliphatic heterocycles. The van der Waals surface area contributed by atoms with E-state index in [1.54, 1.807) is 7.05 Å². The van der Waals surface area contributed by atoms with Gasteiger partial charge in [0.15, 0.2) is 0 Å². The molecule has 1 heterocycles. The van der Waals surface area contributed by atoms with E-state index in [2.05, 4.69) is 22.3 Å². The Labute approximate surface area is 136 Å². The van der Waals surface area contributed by atoms with E-state index in [0.717, 1.165) is 6.07 Å². The minimum atomic E-state index is -4.47. The number of nitrogens with one attached hydrogen (secondary N) is 1. The summed E-state index contributed by atoms with van der Waals surface area (Å²) in [5.41, 5.74) is -0.728. The fourth-order valence-electron chi connectivity index (χ4n) is 1.97. The van der Waals surface area contributed by atoms with Gasteiger partial charge in [0.1, 0.15) is 5.56 Å². The second kappa shape index (κ2) is 7.08. The molecule has 0 saturated carbocycles. The molecule has 1 N–H and O–H groups in total. The Kier molecular flexibility index (Phi) is 5.14. The van der Waals surface area contributed by atoms with Gasteiger partial charge >= 0.3 is 6.18 Å². The molecular weight excluding hydrogens is 323 g/mol. The molecule has 0 fully saturated rings. The summed E-state index contributed by atoms with van der Waals surface area (Å²) in [5.74, 6) is 4.62. The van der Waals surface area contributed by atoms with Gasteiger partial charge < -0.3 is 10.1 Å². The number of hydrogen-bond acceptors (Lipinski definition) is 3. The van der Waals surface area contributed by atoms with Gasteiger partial charge in [-0.2, -0.15) is 13.2 Å². The number of aromatic nitrogens is 2. The van der Waals surface area contributed by atoms with Crippen LogP contribution in [0.3, 0.4) is 0 Å². The lowest BCUT2D eigenvalue weighted by atomic mass is 10.1. The van der Waals surface area contributed by atoms with Crippen molar-refractivity contribution in [2.45, 2.75) is 6.18 Å². The van der Waals surface area contributed by atoms with Gasteiger partial charge in [0.25, 0.3) is 5.91 Å². The molecule has 0 spiro atoms. The quantitative estimate of drug-likeness (QED) is 0.874. The number of amides is 1. The number of methoxy groups -OCH3 is 1. The number of carbonyl (C=O) groups excluding carboxylic acids is 1. The number of ether oxygens (including phenoxy) is 1. The van der Waals surface area contributed by atoms with Gasteiger partial charge in [0.2, 0.25) is 5.88 Å². The first-order chi connectivity index (χ1) is 11.3. The lowest BCUT2D eigenvalue weighted by molar-refractivity contribution is -0.137. The van der Waals surface area contributed by atoms with Gasteiger partial charge in [-0.3, -0.25) is 9.48 Å². The van der Waals surface area contributed by atoms with Gasteiger partial charge in [0.05, 0.1) is 19.2 Å². The first kappa shape index (κ1) is 17.4. The molecule has 8 heteroatoms. The van der Waals surface area contributed by atoms with Gasteiger partial charge in [-0.1, -0.05) is 24.0 Å². The zero-order chi connectivity index (χ0) is 17.7.